The maximum Gasteiger partial charge on any atom is 0.346 e. The van der Waals surface area contributed by atoms with E-state index in [0.717, 1.165) is 0 Å². The number of hydrogen-bond donors (Lipinski definition) is 0. The van der Waals surface area contributed by atoms with E-state index in [1.54, 1.807) is 12.2 Å². The van der Waals surface area contributed by atoms with Crippen LogP contribution in [-0.4, -0.2) is 11.9 Å². The second kappa shape index (κ2) is 2.67. The van der Waals surface area contributed by atoms with E-state index in [4.69, 9.17) is 0 Å². The summed E-state index contributed by atoms with van der Waals surface area (Å²) in [4.78, 5) is 22.7. The summed E-state index contributed by atoms with van der Waals surface area (Å²) in [6, 6.07) is 0. The number of carbonyl (C=O) groups is 2. The van der Waals surface area contributed by atoms with Crippen LogP contribution in [0.3, 0.4) is 0 Å². The van der Waals surface area contributed by atoms with Crippen LogP contribution in [0, 0.1) is 5.41 Å². The molecule has 2 aliphatic rings. The molecule has 2 rings (SSSR count). The number of carbonyl (C=O) groups excluding carboxylic acids is 2. The Morgan fingerprint density at radius 3 is 2.57 bits per heavy atom. The number of rotatable bonds is 0. The van der Waals surface area contributed by atoms with Gasteiger partial charge in [0.2, 0.25) is 0 Å². The van der Waals surface area contributed by atoms with Gasteiger partial charge in [-0.2, -0.15) is 0 Å². The first-order valence-electron chi connectivity index (χ1n) is 4.39. The molecule has 0 fully saturated rings. The first-order valence-corrected chi connectivity index (χ1v) is 4.39. The topological polar surface area (TPSA) is 43.4 Å². The Balaban J connectivity index is 2.64. The molecular weight excluding hydrogens is 180 g/mol. The molecule has 1 aliphatic heterocycles. The first kappa shape index (κ1) is 8.94. The maximum atomic E-state index is 11.4. The molecule has 3 nitrogen and oxygen atoms in total. The molecular formula is C11H10O3. The normalized spacial score (nSPS) is 23.6. The summed E-state index contributed by atoms with van der Waals surface area (Å²) in [6.45, 7) is 3.76. The zero-order valence-corrected chi connectivity index (χ0v) is 8.03. The van der Waals surface area contributed by atoms with E-state index in [0.29, 0.717) is 11.1 Å². The lowest BCUT2D eigenvalue weighted by molar-refractivity contribution is -0.151. The minimum Gasteiger partial charge on any atom is -0.386 e. The van der Waals surface area contributed by atoms with Gasteiger partial charge in [0, 0.05) is 5.41 Å². The van der Waals surface area contributed by atoms with Gasteiger partial charge in [0.1, 0.15) is 0 Å². The molecule has 0 bridgehead atoms. The van der Waals surface area contributed by atoms with Crippen LogP contribution in [0.5, 0.6) is 0 Å². The molecule has 72 valence electrons. The van der Waals surface area contributed by atoms with Crippen molar-refractivity contribution in [1.82, 2.24) is 0 Å². The van der Waals surface area contributed by atoms with Crippen molar-refractivity contribution in [1.29, 1.82) is 0 Å². The number of hydrogen-bond acceptors (Lipinski definition) is 3. The van der Waals surface area contributed by atoms with Crippen LogP contribution in [0.15, 0.2) is 35.5 Å². The van der Waals surface area contributed by atoms with Gasteiger partial charge in [-0.05, 0) is 6.08 Å². The van der Waals surface area contributed by atoms with Gasteiger partial charge in [-0.3, -0.25) is 0 Å². The number of ether oxygens (including phenoxy) is 1. The third-order valence-electron chi connectivity index (χ3n) is 2.41. The number of allylic oxidation sites excluding steroid dienone is 3. The molecule has 0 aromatic heterocycles. The molecule has 0 amide bonds. The standard InChI is InChI=1S/C11H10O3/c1-11(2)6-4-3-5-7-8(11)10(13)14-9(7)12/h3-6H,1-2H3. The lowest BCUT2D eigenvalue weighted by Crippen LogP contribution is -2.17. The molecule has 0 N–H and O–H groups in total. The second-order valence-electron chi connectivity index (χ2n) is 3.91. The van der Waals surface area contributed by atoms with Crippen LogP contribution < -0.4 is 0 Å². The average Bonchev–Trinajstić information content (AvgIpc) is 2.27. The van der Waals surface area contributed by atoms with Crippen molar-refractivity contribution < 1.29 is 14.3 Å². The van der Waals surface area contributed by atoms with Gasteiger partial charge in [-0.1, -0.05) is 32.1 Å². The smallest absolute Gasteiger partial charge is 0.346 e. The van der Waals surface area contributed by atoms with E-state index in [9.17, 15) is 9.59 Å². The minimum absolute atomic E-state index is 0.380. The van der Waals surface area contributed by atoms with Gasteiger partial charge in [0.25, 0.3) is 0 Å². The van der Waals surface area contributed by atoms with Crippen LogP contribution in [0.4, 0.5) is 0 Å². The lowest BCUT2D eigenvalue weighted by Gasteiger charge is -2.18. The fourth-order valence-corrected chi connectivity index (χ4v) is 1.69. The van der Waals surface area contributed by atoms with Gasteiger partial charge >= 0.3 is 11.9 Å². The Labute approximate surface area is 81.7 Å². The third-order valence-corrected chi connectivity index (χ3v) is 2.41. The SMILES string of the molecule is CC1(C)C=CC=CC2=C1C(=O)OC2=O. The van der Waals surface area contributed by atoms with Gasteiger partial charge in [0.15, 0.2) is 0 Å². The van der Waals surface area contributed by atoms with Crippen LogP contribution in [-0.2, 0) is 14.3 Å². The Bertz CT molecular complexity index is 408. The molecule has 0 saturated heterocycles. The Morgan fingerprint density at radius 1 is 1.14 bits per heavy atom. The van der Waals surface area contributed by atoms with Crippen LogP contribution in [0.2, 0.25) is 0 Å². The molecule has 0 aromatic carbocycles. The molecule has 0 radical (unpaired) electrons. The van der Waals surface area contributed by atoms with Crippen LogP contribution >= 0.6 is 0 Å². The summed E-state index contributed by atoms with van der Waals surface area (Å²) in [5.74, 6) is -1.07. The molecule has 0 atom stereocenters. The largest absolute Gasteiger partial charge is 0.386 e. The van der Waals surface area contributed by atoms with Crippen LogP contribution in [0.1, 0.15) is 13.8 Å². The highest BCUT2D eigenvalue weighted by Crippen LogP contribution is 2.37. The molecule has 14 heavy (non-hydrogen) atoms. The van der Waals surface area contributed by atoms with E-state index in [1.165, 1.54) is 0 Å². The predicted octanol–water partition coefficient (Wildman–Crippen LogP) is 1.52. The molecule has 0 saturated carbocycles. The summed E-state index contributed by atoms with van der Waals surface area (Å²) in [6.07, 6.45) is 7.07. The molecule has 0 spiro atoms. The molecule has 1 heterocycles. The highest BCUT2D eigenvalue weighted by atomic mass is 16.6. The maximum absolute atomic E-state index is 11.4. The van der Waals surface area contributed by atoms with Crippen LogP contribution in [0.25, 0.3) is 0 Å². The van der Waals surface area contributed by atoms with E-state index in [1.807, 2.05) is 26.0 Å². The van der Waals surface area contributed by atoms with Crippen molar-refractivity contribution in [2.75, 3.05) is 0 Å². The fourth-order valence-electron chi connectivity index (χ4n) is 1.69. The van der Waals surface area contributed by atoms with E-state index in [-0.39, 0.29) is 0 Å². The zero-order valence-electron chi connectivity index (χ0n) is 8.03. The lowest BCUT2D eigenvalue weighted by atomic mass is 9.82. The monoisotopic (exact) mass is 190 g/mol. The highest BCUT2D eigenvalue weighted by molar-refractivity contribution is 6.14. The minimum atomic E-state index is -0.543. The summed E-state index contributed by atoms with van der Waals surface area (Å²) in [5, 5.41) is 0. The summed E-state index contributed by atoms with van der Waals surface area (Å²) >= 11 is 0. The number of esters is 2. The van der Waals surface area contributed by atoms with Crippen molar-refractivity contribution in [3.63, 3.8) is 0 Å². The average molecular weight is 190 g/mol. The van der Waals surface area contributed by atoms with Crippen molar-refractivity contribution in [3.8, 4) is 0 Å². The second-order valence-corrected chi connectivity index (χ2v) is 3.91. The summed E-state index contributed by atoms with van der Waals surface area (Å²) < 4.78 is 4.56. The predicted molar refractivity (Wildman–Crippen MR) is 50.2 cm³/mol. The molecule has 1 aliphatic carbocycles. The van der Waals surface area contributed by atoms with Gasteiger partial charge in [0.05, 0.1) is 11.1 Å². The number of cyclic esters (lactones) is 2. The molecule has 3 heteroatoms. The summed E-state index contributed by atoms with van der Waals surface area (Å²) in [5.41, 5.74) is 0.389. The van der Waals surface area contributed by atoms with Crippen molar-refractivity contribution in [2.24, 2.45) is 5.41 Å². The van der Waals surface area contributed by atoms with Gasteiger partial charge < -0.3 is 4.74 Å². The molecule has 0 aromatic rings. The Kier molecular flexibility index (Phi) is 1.71. The quantitative estimate of drug-likeness (QED) is 0.429. The molecule has 0 unspecified atom stereocenters. The van der Waals surface area contributed by atoms with E-state index < -0.39 is 17.4 Å². The third kappa shape index (κ3) is 1.13. The van der Waals surface area contributed by atoms with Gasteiger partial charge in [-0.25, -0.2) is 9.59 Å². The first-order chi connectivity index (χ1) is 6.52. The Hall–Kier alpha value is -1.64. The van der Waals surface area contributed by atoms with Crippen molar-refractivity contribution in [2.45, 2.75) is 13.8 Å². The highest BCUT2D eigenvalue weighted by Gasteiger charge is 2.39. The van der Waals surface area contributed by atoms with Crippen molar-refractivity contribution in [3.05, 3.63) is 35.5 Å². The van der Waals surface area contributed by atoms with E-state index in [2.05, 4.69) is 4.74 Å². The Morgan fingerprint density at radius 2 is 1.86 bits per heavy atom. The zero-order chi connectivity index (χ0) is 10.3. The fraction of sp³-hybridized carbons (Fsp3) is 0.273. The van der Waals surface area contributed by atoms with Gasteiger partial charge in [-0.15, -0.1) is 0 Å². The van der Waals surface area contributed by atoms with E-state index >= 15 is 0 Å². The van der Waals surface area contributed by atoms with Crippen molar-refractivity contribution >= 4 is 11.9 Å². The summed E-state index contributed by atoms with van der Waals surface area (Å²) in [7, 11) is 0.